The lowest BCUT2D eigenvalue weighted by Crippen LogP contribution is -2.27. The largest absolute Gasteiger partial charge is 0.481 e. The number of carbonyl (C=O) groups is 2. The number of carboxylic acids is 1. The zero-order valence-electron chi connectivity index (χ0n) is 8.63. The maximum atomic E-state index is 13.2. The van der Waals surface area contributed by atoms with Crippen molar-refractivity contribution in [1.82, 2.24) is 0 Å². The fraction of sp³-hybridized carbons (Fsp3) is 0.200. The summed E-state index contributed by atoms with van der Waals surface area (Å²) in [7, 11) is 0. The van der Waals surface area contributed by atoms with E-state index in [9.17, 15) is 18.4 Å². The quantitative estimate of drug-likeness (QED) is 0.822. The SMILES string of the molecule is CC(C(=O)O)C(=O)Nc1c(F)cc(F)cc1Cl. The molecule has 1 aromatic rings. The fourth-order valence-electron chi connectivity index (χ4n) is 1.01. The van der Waals surface area contributed by atoms with Crippen LogP contribution in [0.5, 0.6) is 0 Å². The predicted octanol–water partition coefficient (Wildman–Crippen LogP) is 2.28. The van der Waals surface area contributed by atoms with Crippen molar-refractivity contribution in [2.24, 2.45) is 5.92 Å². The van der Waals surface area contributed by atoms with E-state index in [0.717, 1.165) is 13.0 Å². The molecule has 4 nitrogen and oxygen atoms in total. The monoisotopic (exact) mass is 263 g/mol. The first-order chi connectivity index (χ1) is 7.82. The van der Waals surface area contributed by atoms with Gasteiger partial charge >= 0.3 is 5.97 Å². The van der Waals surface area contributed by atoms with Crippen LogP contribution in [0.25, 0.3) is 0 Å². The number of hydrogen-bond donors (Lipinski definition) is 2. The smallest absolute Gasteiger partial charge is 0.315 e. The zero-order chi connectivity index (χ0) is 13.2. The number of anilines is 1. The molecule has 1 rings (SSSR count). The van der Waals surface area contributed by atoms with Crippen molar-refractivity contribution in [1.29, 1.82) is 0 Å². The van der Waals surface area contributed by atoms with E-state index in [1.165, 1.54) is 0 Å². The Morgan fingerprint density at radius 1 is 1.41 bits per heavy atom. The van der Waals surface area contributed by atoms with Gasteiger partial charge in [0.25, 0.3) is 0 Å². The molecule has 1 amide bonds. The predicted molar refractivity (Wildman–Crippen MR) is 56.8 cm³/mol. The minimum Gasteiger partial charge on any atom is -0.481 e. The Morgan fingerprint density at radius 2 is 2.00 bits per heavy atom. The summed E-state index contributed by atoms with van der Waals surface area (Å²) in [5, 5.41) is 10.2. The third kappa shape index (κ3) is 3.13. The van der Waals surface area contributed by atoms with Crippen LogP contribution in [-0.4, -0.2) is 17.0 Å². The van der Waals surface area contributed by atoms with Gasteiger partial charge in [0.15, 0.2) is 5.82 Å². The number of halogens is 3. The summed E-state index contributed by atoms with van der Waals surface area (Å²) in [6, 6.07) is 1.35. The van der Waals surface area contributed by atoms with Crippen LogP contribution in [0.2, 0.25) is 5.02 Å². The second-order valence-corrected chi connectivity index (χ2v) is 3.70. The molecule has 0 saturated carbocycles. The number of nitrogens with one attached hydrogen (secondary N) is 1. The van der Waals surface area contributed by atoms with Gasteiger partial charge in [-0.2, -0.15) is 0 Å². The molecule has 1 atom stereocenters. The summed E-state index contributed by atoms with van der Waals surface area (Å²) in [4.78, 5) is 21.8. The van der Waals surface area contributed by atoms with Gasteiger partial charge in [-0.05, 0) is 13.0 Å². The standard InChI is InChI=1S/C10H8ClF2NO3/c1-4(10(16)17)9(15)14-8-6(11)2-5(12)3-7(8)13/h2-4H,1H3,(H,14,15)(H,16,17). The summed E-state index contributed by atoms with van der Waals surface area (Å²) >= 11 is 5.52. The van der Waals surface area contributed by atoms with E-state index in [4.69, 9.17) is 16.7 Å². The summed E-state index contributed by atoms with van der Waals surface area (Å²) < 4.78 is 26.0. The topological polar surface area (TPSA) is 66.4 Å². The Kier molecular flexibility index (Phi) is 4.01. The minimum atomic E-state index is -1.37. The maximum absolute atomic E-state index is 13.2. The molecule has 0 aliphatic rings. The molecule has 7 heteroatoms. The number of amides is 1. The Hall–Kier alpha value is -1.69. The number of hydrogen-bond acceptors (Lipinski definition) is 2. The van der Waals surface area contributed by atoms with E-state index >= 15 is 0 Å². The first-order valence-electron chi connectivity index (χ1n) is 4.51. The van der Waals surface area contributed by atoms with Gasteiger partial charge in [0.2, 0.25) is 5.91 Å². The highest BCUT2D eigenvalue weighted by Gasteiger charge is 2.22. The number of carbonyl (C=O) groups excluding carboxylic acids is 1. The summed E-state index contributed by atoms with van der Waals surface area (Å²) in [5.41, 5.74) is -0.439. The van der Waals surface area contributed by atoms with E-state index in [-0.39, 0.29) is 5.02 Å². The molecule has 0 spiro atoms. The van der Waals surface area contributed by atoms with Crippen LogP contribution in [-0.2, 0) is 9.59 Å². The van der Waals surface area contributed by atoms with Gasteiger partial charge in [-0.3, -0.25) is 9.59 Å². The summed E-state index contributed by atoms with van der Waals surface area (Å²) in [6.45, 7) is 1.13. The van der Waals surface area contributed by atoms with Gasteiger partial charge in [0.1, 0.15) is 11.7 Å². The third-order valence-corrected chi connectivity index (χ3v) is 2.32. The molecule has 0 bridgehead atoms. The molecule has 0 heterocycles. The van der Waals surface area contributed by atoms with Gasteiger partial charge in [-0.15, -0.1) is 0 Å². The van der Waals surface area contributed by atoms with Crippen molar-refractivity contribution < 1.29 is 23.5 Å². The van der Waals surface area contributed by atoms with Crippen LogP contribution in [0.3, 0.4) is 0 Å². The lowest BCUT2D eigenvalue weighted by atomic mass is 10.1. The van der Waals surface area contributed by atoms with Crippen LogP contribution < -0.4 is 5.32 Å². The Balaban J connectivity index is 2.96. The second kappa shape index (κ2) is 5.09. The van der Waals surface area contributed by atoms with Gasteiger partial charge < -0.3 is 10.4 Å². The molecule has 0 aromatic heterocycles. The molecule has 0 saturated heterocycles. The van der Waals surface area contributed by atoms with Crippen LogP contribution in [0, 0.1) is 17.6 Å². The first kappa shape index (κ1) is 13.4. The van der Waals surface area contributed by atoms with Crippen molar-refractivity contribution in [2.75, 3.05) is 5.32 Å². The Labute approximate surface area is 100 Å². The molecular formula is C10H8ClF2NO3. The number of aliphatic carboxylic acids is 1. The molecule has 0 fully saturated rings. The normalized spacial score (nSPS) is 12.0. The third-order valence-electron chi connectivity index (χ3n) is 2.02. The summed E-state index contributed by atoms with van der Waals surface area (Å²) in [6.07, 6.45) is 0. The van der Waals surface area contributed by atoms with Crippen LogP contribution in [0.1, 0.15) is 6.92 Å². The Morgan fingerprint density at radius 3 is 2.47 bits per heavy atom. The molecule has 0 aliphatic heterocycles. The van der Waals surface area contributed by atoms with Gasteiger partial charge in [0, 0.05) is 6.07 Å². The lowest BCUT2D eigenvalue weighted by molar-refractivity contribution is -0.144. The van der Waals surface area contributed by atoms with Crippen LogP contribution in [0.15, 0.2) is 12.1 Å². The molecule has 17 heavy (non-hydrogen) atoms. The van der Waals surface area contributed by atoms with Crippen LogP contribution >= 0.6 is 11.6 Å². The zero-order valence-corrected chi connectivity index (χ0v) is 9.39. The van der Waals surface area contributed by atoms with E-state index in [2.05, 4.69) is 0 Å². The minimum absolute atomic E-state index is 0.339. The summed E-state index contributed by atoms with van der Waals surface area (Å²) in [5.74, 6) is -5.63. The van der Waals surface area contributed by atoms with E-state index in [1.807, 2.05) is 5.32 Å². The van der Waals surface area contributed by atoms with Crippen LogP contribution in [0.4, 0.5) is 14.5 Å². The second-order valence-electron chi connectivity index (χ2n) is 3.29. The van der Waals surface area contributed by atoms with Gasteiger partial charge in [0.05, 0.1) is 10.7 Å². The number of carboxylic acid groups (broad SMARTS) is 1. The fourth-order valence-corrected chi connectivity index (χ4v) is 1.25. The number of rotatable bonds is 3. The highest BCUT2D eigenvalue weighted by molar-refractivity contribution is 6.33. The van der Waals surface area contributed by atoms with Crippen molar-refractivity contribution >= 4 is 29.2 Å². The number of benzene rings is 1. The van der Waals surface area contributed by atoms with Crippen molar-refractivity contribution in [2.45, 2.75) is 6.92 Å². The van der Waals surface area contributed by atoms with Crippen molar-refractivity contribution in [3.05, 3.63) is 28.8 Å². The molecule has 92 valence electrons. The van der Waals surface area contributed by atoms with Crippen molar-refractivity contribution in [3.63, 3.8) is 0 Å². The highest BCUT2D eigenvalue weighted by Crippen LogP contribution is 2.26. The highest BCUT2D eigenvalue weighted by atomic mass is 35.5. The van der Waals surface area contributed by atoms with E-state index < -0.39 is 35.1 Å². The molecule has 2 N–H and O–H groups in total. The van der Waals surface area contributed by atoms with Gasteiger partial charge in [-0.1, -0.05) is 11.6 Å². The van der Waals surface area contributed by atoms with Crippen molar-refractivity contribution in [3.8, 4) is 0 Å². The molecule has 0 aliphatic carbocycles. The van der Waals surface area contributed by atoms with E-state index in [0.29, 0.717) is 6.07 Å². The van der Waals surface area contributed by atoms with Gasteiger partial charge in [-0.25, -0.2) is 8.78 Å². The van der Waals surface area contributed by atoms with E-state index in [1.54, 1.807) is 0 Å². The Bertz CT molecular complexity index is 456. The lowest BCUT2D eigenvalue weighted by Gasteiger charge is -2.10. The first-order valence-corrected chi connectivity index (χ1v) is 4.89. The maximum Gasteiger partial charge on any atom is 0.315 e. The molecule has 0 radical (unpaired) electrons. The molecular weight excluding hydrogens is 256 g/mol. The molecule has 1 aromatic carbocycles. The molecule has 1 unspecified atom stereocenters. The average molecular weight is 264 g/mol. The average Bonchev–Trinajstić information content (AvgIpc) is 2.21.